The molecule has 8 heteroatoms. The first-order valence-electron chi connectivity index (χ1n) is 7.31. The first kappa shape index (κ1) is 18.4. The molecule has 0 amide bonds. The molecule has 23 heavy (non-hydrogen) atoms. The van der Waals surface area contributed by atoms with E-state index in [1.54, 1.807) is 22.5 Å². The zero-order valence-electron chi connectivity index (χ0n) is 12.9. The van der Waals surface area contributed by atoms with Crippen molar-refractivity contribution in [3.63, 3.8) is 0 Å². The molecule has 1 aliphatic heterocycles. The number of aryl methyl sites for hydroxylation is 1. The van der Waals surface area contributed by atoms with Crippen molar-refractivity contribution < 1.29 is 8.42 Å². The highest BCUT2D eigenvalue weighted by Crippen LogP contribution is 2.27. The van der Waals surface area contributed by atoms with E-state index < -0.39 is 10.0 Å². The summed E-state index contributed by atoms with van der Waals surface area (Å²) in [5.41, 5.74) is 1.80. The van der Waals surface area contributed by atoms with Gasteiger partial charge in [-0.3, -0.25) is 0 Å². The van der Waals surface area contributed by atoms with Crippen molar-refractivity contribution in [3.8, 4) is 10.6 Å². The highest BCUT2D eigenvalue weighted by molar-refractivity contribution is 7.89. The lowest BCUT2D eigenvalue weighted by molar-refractivity contribution is 0.432. The van der Waals surface area contributed by atoms with E-state index in [4.69, 9.17) is 0 Å². The predicted molar refractivity (Wildman–Crippen MR) is 95.8 cm³/mol. The summed E-state index contributed by atoms with van der Waals surface area (Å²) in [6.07, 6.45) is 0.838. The number of hydrogen-bond donors (Lipinski definition) is 1. The number of benzene rings is 1. The first-order chi connectivity index (χ1) is 10.6. The fourth-order valence-corrected chi connectivity index (χ4v) is 4.81. The van der Waals surface area contributed by atoms with Gasteiger partial charge in [0.25, 0.3) is 0 Å². The highest BCUT2D eigenvalue weighted by atomic mass is 35.5. The SMILES string of the molecule is Cc1csc(-c2cccc(S(=O)(=O)N3CCCNCC3)c2)n1.Cl. The molecular formula is C15H20ClN3O2S2. The van der Waals surface area contributed by atoms with Crippen molar-refractivity contribution in [3.05, 3.63) is 35.3 Å². The number of hydrogen-bond acceptors (Lipinski definition) is 5. The lowest BCUT2D eigenvalue weighted by Crippen LogP contribution is -2.34. The van der Waals surface area contributed by atoms with E-state index in [9.17, 15) is 8.42 Å². The van der Waals surface area contributed by atoms with Crippen LogP contribution in [0, 0.1) is 6.92 Å². The highest BCUT2D eigenvalue weighted by Gasteiger charge is 2.25. The maximum Gasteiger partial charge on any atom is 0.243 e. The van der Waals surface area contributed by atoms with Crippen LogP contribution >= 0.6 is 23.7 Å². The van der Waals surface area contributed by atoms with Crippen LogP contribution in [-0.2, 0) is 10.0 Å². The molecule has 1 aromatic heterocycles. The second kappa shape index (κ2) is 7.72. The summed E-state index contributed by atoms with van der Waals surface area (Å²) in [4.78, 5) is 4.78. The minimum atomic E-state index is -3.44. The second-order valence-electron chi connectivity index (χ2n) is 5.33. The Morgan fingerprint density at radius 2 is 2.09 bits per heavy atom. The topological polar surface area (TPSA) is 62.3 Å². The van der Waals surface area contributed by atoms with Gasteiger partial charge in [0.15, 0.2) is 0 Å². The number of rotatable bonds is 3. The fourth-order valence-electron chi connectivity index (χ4n) is 2.49. The average molecular weight is 374 g/mol. The van der Waals surface area contributed by atoms with Crippen molar-refractivity contribution in [2.45, 2.75) is 18.2 Å². The summed E-state index contributed by atoms with van der Waals surface area (Å²) >= 11 is 1.53. The summed E-state index contributed by atoms with van der Waals surface area (Å²) in [5, 5.41) is 6.05. The van der Waals surface area contributed by atoms with Gasteiger partial charge in [-0.25, -0.2) is 13.4 Å². The molecule has 0 spiro atoms. The maximum absolute atomic E-state index is 12.8. The molecule has 0 bridgehead atoms. The first-order valence-corrected chi connectivity index (χ1v) is 9.63. The molecule has 0 saturated carbocycles. The number of nitrogens with zero attached hydrogens (tertiary/aromatic N) is 2. The van der Waals surface area contributed by atoms with Crippen LogP contribution in [0.5, 0.6) is 0 Å². The van der Waals surface area contributed by atoms with Crippen LogP contribution in [-0.4, -0.2) is 43.9 Å². The molecule has 0 unspecified atom stereocenters. The lowest BCUT2D eigenvalue weighted by Gasteiger charge is -2.19. The summed E-state index contributed by atoms with van der Waals surface area (Å²) in [7, 11) is -3.44. The fraction of sp³-hybridized carbons (Fsp3) is 0.400. The van der Waals surface area contributed by atoms with Crippen LogP contribution in [0.1, 0.15) is 12.1 Å². The Kier molecular flexibility index (Phi) is 6.16. The van der Waals surface area contributed by atoms with Gasteiger partial charge in [0, 0.05) is 36.3 Å². The summed E-state index contributed by atoms with van der Waals surface area (Å²) in [6, 6.07) is 7.08. The Bertz CT molecular complexity index is 754. The normalized spacial score (nSPS) is 16.6. The van der Waals surface area contributed by atoms with Gasteiger partial charge in [-0.05, 0) is 32.0 Å². The van der Waals surface area contributed by atoms with Crippen molar-refractivity contribution in [2.24, 2.45) is 0 Å². The van der Waals surface area contributed by atoms with Gasteiger partial charge >= 0.3 is 0 Å². The molecule has 1 saturated heterocycles. The minimum Gasteiger partial charge on any atom is -0.315 e. The van der Waals surface area contributed by atoms with Crippen LogP contribution in [0.3, 0.4) is 0 Å². The van der Waals surface area contributed by atoms with Crippen LogP contribution in [0.2, 0.25) is 0 Å². The van der Waals surface area contributed by atoms with Crippen molar-refractivity contribution in [1.29, 1.82) is 0 Å². The van der Waals surface area contributed by atoms with Crippen LogP contribution < -0.4 is 5.32 Å². The van der Waals surface area contributed by atoms with E-state index in [0.29, 0.717) is 24.5 Å². The van der Waals surface area contributed by atoms with E-state index in [1.165, 1.54) is 11.3 Å². The minimum absolute atomic E-state index is 0. The Labute approximate surface area is 147 Å². The lowest BCUT2D eigenvalue weighted by atomic mass is 10.2. The molecule has 2 heterocycles. The van der Waals surface area contributed by atoms with E-state index in [0.717, 1.165) is 29.2 Å². The zero-order chi connectivity index (χ0) is 15.6. The monoisotopic (exact) mass is 373 g/mol. The number of nitrogens with one attached hydrogen (secondary N) is 1. The molecule has 1 fully saturated rings. The molecule has 1 aliphatic rings. The molecule has 1 aromatic carbocycles. The Morgan fingerprint density at radius 1 is 1.26 bits per heavy atom. The molecular weight excluding hydrogens is 354 g/mol. The Hall–Kier alpha value is -0.990. The van der Waals surface area contributed by atoms with Gasteiger partial charge in [0.05, 0.1) is 4.90 Å². The van der Waals surface area contributed by atoms with Gasteiger partial charge in [-0.15, -0.1) is 23.7 Å². The molecule has 0 radical (unpaired) electrons. The van der Waals surface area contributed by atoms with Crippen LogP contribution in [0.25, 0.3) is 10.6 Å². The summed E-state index contributed by atoms with van der Waals surface area (Å²) < 4.78 is 27.2. The van der Waals surface area contributed by atoms with Crippen LogP contribution in [0.15, 0.2) is 34.5 Å². The molecule has 5 nitrogen and oxygen atoms in total. The molecule has 126 valence electrons. The Balaban J connectivity index is 0.00000192. The average Bonchev–Trinajstić information content (AvgIpc) is 2.77. The van der Waals surface area contributed by atoms with Crippen molar-refractivity contribution in [2.75, 3.05) is 26.2 Å². The number of thiazole rings is 1. The third kappa shape index (κ3) is 4.10. The quantitative estimate of drug-likeness (QED) is 0.898. The van der Waals surface area contributed by atoms with E-state index in [2.05, 4.69) is 10.3 Å². The van der Waals surface area contributed by atoms with E-state index >= 15 is 0 Å². The summed E-state index contributed by atoms with van der Waals surface area (Å²) in [6.45, 7) is 4.58. The van der Waals surface area contributed by atoms with E-state index in [-0.39, 0.29) is 12.4 Å². The molecule has 3 rings (SSSR count). The van der Waals surface area contributed by atoms with Gasteiger partial charge in [0.1, 0.15) is 5.01 Å². The maximum atomic E-state index is 12.8. The van der Waals surface area contributed by atoms with E-state index in [1.807, 2.05) is 18.4 Å². The molecule has 0 atom stereocenters. The van der Waals surface area contributed by atoms with Gasteiger partial charge in [-0.1, -0.05) is 12.1 Å². The van der Waals surface area contributed by atoms with Crippen molar-refractivity contribution in [1.82, 2.24) is 14.6 Å². The number of halogens is 1. The van der Waals surface area contributed by atoms with Gasteiger partial charge in [0.2, 0.25) is 10.0 Å². The smallest absolute Gasteiger partial charge is 0.243 e. The standard InChI is InChI=1S/C15H19N3O2S2.ClH/c1-12-11-21-15(17-12)13-4-2-5-14(10-13)22(19,20)18-8-3-6-16-7-9-18;/h2,4-5,10-11,16H,3,6-9H2,1H3;1H. The molecule has 0 aliphatic carbocycles. The number of aromatic nitrogens is 1. The predicted octanol–water partition coefficient (Wildman–Crippen LogP) is 2.52. The summed E-state index contributed by atoms with van der Waals surface area (Å²) in [5.74, 6) is 0. The third-order valence-electron chi connectivity index (χ3n) is 3.64. The second-order valence-corrected chi connectivity index (χ2v) is 8.13. The van der Waals surface area contributed by atoms with Gasteiger partial charge in [-0.2, -0.15) is 4.31 Å². The third-order valence-corrected chi connectivity index (χ3v) is 6.54. The zero-order valence-corrected chi connectivity index (χ0v) is 15.3. The van der Waals surface area contributed by atoms with Crippen LogP contribution in [0.4, 0.5) is 0 Å². The van der Waals surface area contributed by atoms with Gasteiger partial charge < -0.3 is 5.32 Å². The number of sulfonamides is 1. The molecule has 2 aromatic rings. The largest absolute Gasteiger partial charge is 0.315 e. The Morgan fingerprint density at radius 3 is 2.83 bits per heavy atom. The molecule has 1 N–H and O–H groups in total. The van der Waals surface area contributed by atoms with Crippen molar-refractivity contribution >= 4 is 33.8 Å².